The lowest BCUT2D eigenvalue weighted by Crippen LogP contribution is -2.63. The minimum atomic E-state index is -4.59. The number of benzene rings is 1. The van der Waals surface area contributed by atoms with Crippen LogP contribution < -0.4 is 4.74 Å². The number of likely N-dealkylation sites (N-methyl/N-ethyl adjacent to an activating group) is 1. The van der Waals surface area contributed by atoms with Crippen LogP contribution in [0.1, 0.15) is 29.8 Å². The van der Waals surface area contributed by atoms with Gasteiger partial charge in [0.1, 0.15) is 5.75 Å². The van der Waals surface area contributed by atoms with Gasteiger partial charge in [-0.2, -0.15) is 9.78 Å². The van der Waals surface area contributed by atoms with Crippen molar-refractivity contribution in [2.24, 2.45) is 0 Å². The SMILES string of the molecule is Cc1ccc(OC2(C(=O)N3CCN(C)CC3)CCCN(Cc3cc(C)nn3C(F)(F)F)C2)cc1. The number of carbonyl (C=O) groups excluding carboxylic acids is 1. The maximum Gasteiger partial charge on any atom is 0.504 e. The number of aromatic nitrogens is 2. The monoisotopic (exact) mass is 479 g/mol. The molecule has 0 aliphatic carbocycles. The third-order valence-corrected chi connectivity index (χ3v) is 6.58. The minimum absolute atomic E-state index is 0.0371. The quantitative estimate of drug-likeness (QED) is 0.660. The highest BCUT2D eigenvalue weighted by Gasteiger charge is 2.47. The number of halogens is 3. The summed E-state index contributed by atoms with van der Waals surface area (Å²) in [5.74, 6) is 0.498. The van der Waals surface area contributed by atoms with Crippen LogP contribution in [-0.2, 0) is 17.6 Å². The largest absolute Gasteiger partial charge is 0.504 e. The first-order chi connectivity index (χ1) is 16.1. The Morgan fingerprint density at radius 2 is 1.76 bits per heavy atom. The molecule has 0 bridgehead atoms. The van der Waals surface area contributed by atoms with Gasteiger partial charge in [0.25, 0.3) is 5.91 Å². The standard InChI is InChI=1S/C24H32F3N5O2/c1-18-5-7-21(8-6-18)34-23(22(33)31-13-11-29(3)12-14-31)9-4-10-30(17-23)16-20-15-19(2)28-32(20)24(25,26)27/h5-8,15H,4,9-14,16-17H2,1-3H3. The average molecular weight is 480 g/mol. The third-order valence-electron chi connectivity index (χ3n) is 6.58. The molecule has 0 saturated carbocycles. The molecule has 1 aromatic carbocycles. The molecule has 2 saturated heterocycles. The topological polar surface area (TPSA) is 53.8 Å². The zero-order valence-corrected chi connectivity index (χ0v) is 19.9. The predicted molar refractivity (Wildman–Crippen MR) is 121 cm³/mol. The number of piperazine rings is 1. The molecule has 10 heteroatoms. The van der Waals surface area contributed by atoms with E-state index >= 15 is 0 Å². The summed E-state index contributed by atoms with van der Waals surface area (Å²) in [4.78, 5) is 19.7. The number of amides is 1. The molecule has 0 N–H and O–H groups in total. The van der Waals surface area contributed by atoms with Crippen molar-refractivity contribution in [1.82, 2.24) is 24.5 Å². The van der Waals surface area contributed by atoms with E-state index in [9.17, 15) is 18.0 Å². The Morgan fingerprint density at radius 1 is 1.09 bits per heavy atom. The van der Waals surface area contributed by atoms with Crippen LogP contribution >= 0.6 is 0 Å². The molecular formula is C24H32F3N5O2. The highest BCUT2D eigenvalue weighted by molar-refractivity contribution is 5.86. The van der Waals surface area contributed by atoms with E-state index in [1.165, 1.54) is 6.07 Å². The van der Waals surface area contributed by atoms with Crippen molar-refractivity contribution in [1.29, 1.82) is 0 Å². The van der Waals surface area contributed by atoms with Gasteiger partial charge in [-0.1, -0.05) is 17.7 Å². The molecule has 3 heterocycles. The summed E-state index contributed by atoms with van der Waals surface area (Å²) in [6, 6.07) is 8.99. The predicted octanol–water partition coefficient (Wildman–Crippen LogP) is 3.16. The van der Waals surface area contributed by atoms with Gasteiger partial charge in [-0.3, -0.25) is 9.69 Å². The fourth-order valence-electron chi connectivity index (χ4n) is 4.79. The van der Waals surface area contributed by atoms with Gasteiger partial charge < -0.3 is 14.5 Å². The van der Waals surface area contributed by atoms with Crippen LogP contribution in [-0.4, -0.2) is 82.3 Å². The van der Waals surface area contributed by atoms with Gasteiger partial charge >= 0.3 is 6.30 Å². The number of carbonyl (C=O) groups is 1. The molecule has 1 aromatic heterocycles. The highest BCUT2D eigenvalue weighted by Crippen LogP contribution is 2.32. The molecule has 7 nitrogen and oxygen atoms in total. The Balaban J connectivity index is 1.60. The summed E-state index contributed by atoms with van der Waals surface area (Å²) in [7, 11) is 2.02. The Bertz CT molecular complexity index is 999. The summed E-state index contributed by atoms with van der Waals surface area (Å²) in [6.45, 7) is 7.12. The van der Waals surface area contributed by atoms with Crippen molar-refractivity contribution in [3.8, 4) is 5.75 Å². The molecule has 4 rings (SSSR count). The van der Waals surface area contributed by atoms with Gasteiger partial charge in [-0.15, -0.1) is 13.2 Å². The number of aryl methyl sites for hydroxylation is 2. The van der Waals surface area contributed by atoms with Crippen LogP contribution in [0.15, 0.2) is 30.3 Å². The second kappa shape index (κ2) is 9.58. The fraction of sp³-hybridized carbons (Fsp3) is 0.583. The van der Waals surface area contributed by atoms with Crippen LogP contribution in [0.3, 0.4) is 0 Å². The number of piperidine rings is 1. The summed E-state index contributed by atoms with van der Waals surface area (Å²) < 4.78 is 47.0. The lowest BCUT2D eigenvalue weighted by molar-refractivity contribution is -0.214. The van der Waals surface area contributed by atoms with Crippen molar-refractivity contribution in [3.63, 3.8) is 0 Å². The van der Waals surface area contributed by atoms with Crippen LogP contribution in [0.4, 0.5) is 13.2 Å². The lowest BCUT2D eigenvalue weighted by atomic mass is 9.90. The van der Waals surface area contributed by atoms with E-state index in [4.69, 9.17) is 4.74 Å². The van der Waals surface area contributed by atoms with E-state index in [-0.39, 0.29) is 29.4 Å². The van der Waals surface area contributed by atoms with Gasteiger partial charge in [-0.05, 0) is 58.5 Å². The van der Waals surface area contributed by atoms with Crippen molar-refractivity contribution in [2.75, 3.05) is 46.3 Å². The van der Waals surface area contributed by atoms with Gasteiger partial charge in [0.2, 0.25) is 0 Å². The van der Waals surface area contributed by atoms with Gasteiger partial charge in [0.15, 0.2) is 5.60 Å². The number of ether oxygens (including phenoxy) is 1. The van der Waals surface area contributed by atoms with Crippen LogP contribution in [0, 0.1) is 13.8 Å². The summed E-state index contributed by atoms with van der Waals surface area (Å²) in [5, 5.41) is 3.63. The molecule has 34 heavy (non-hydrogen) atoms. The first-order valence-corrected chi connectivity index (χ1v) is 11.6. The third kappa shape index (κ3) is 5.38. The molecule has 0 spiro atoms. The fourth-order valence-corrected chi connectivity index (χ4v) is 4.79. The Labute approximate surface area is 198 Å². The van der Waals surface area contributed by atoms with E-state index in [1.807, 2.05) is 48.0 Å². The van der Waals surface area contributed by atoms with Crippen LogP contribution in [0.2, 0.25) is 0 Å². The number of nitrogens with zero attached hydrogens (tertiary/aromatic N) is 5. The van der Waals surface area contributed by atoms with E-state index in [0.29, 0.717) is 43.9 Å². The molecule has 0 radical (unpaired) electrons. The Morgan fingerprint density at radius 3 is 2.41 bits per heavy atom. The summed E-state index contributed by atoms with van der Waals surface area (Å²) in [5.41, 5.74) is 0.290. The number of rotatable bonds is 5. The lowest BCUT2D eigenvalue weighted by Gasteiger charge is -2.45. The van der Waals surface area contributed by atoms with Crippen LogP contribution in [0.25, 0.3) is 0 Å². The maximum absolute atomic E-state index is 13.8. The first kappa shape index (κ1) is 24.5. The molecule has 1 unspecified atom stereocenters. The minimum Gasteiger partial charge on any atom is -0.476 e. The Hall–Kier alpha value is -2.59. The summed E-state index contributed by atoms with van der Waals surface area (Å²) in [6.07, 6.45) is -3.44. The van der Waals surface area contributed by atoms with E-state index < -0.39 is 11.9 Å². The van der Waals surface area contributed by atoms with E-state index in [0.717, 1.165) is 18.7 Å². The van der Waals surface area contributed by atoms with Crippen molar-refractivity contribution in [3.05, 3.63) is 47.3 Å². The second-order valence-electron chi connectivity index (χ2n) is 9.48. The average Bonchev–Trinajstić information content (AvgIpc) is 3.16. The van der Waals surface area contributed by atoms with Gasteiger partial charge in [0.05, 0.1) is 11.4 Å². The van der Waals surface area contributed by atoms with E-state index in [1.54, 1.807) is 6.92 Å². The maximum atomic E-state index is 13.8. The second-order valence-corrected chi connectivity index (χ2v) is 9.48. The number of hydrogen-bond acceptors (Lipinski definition) is 5. The Kier molecular flexibility index (Phi) is 6.91. The molecule has 186 valence electrons. The first-order valence-electron chi connectivity index (χ1n) is 11.6. The molecule has 2 fully saturated rings. The summed E-state index contributed by atoms with van der Waals surface area (Å²) >= 11 is 0. The molecule has 2 aliphatic heterocycles. The van der Waals surface area contributed by atoms with Crippen LogP contribution in [0.5, 0.6) is 5.75 Å². The van der Waals surface area contributed by atoms with E-state index in [2.05, 4.69) is 10.00 Å². The van der Waals surface area contributed by atoms with Crippen molar-refractivity contribution in [2.45, 2.75) is 45.1 Å². The molecule has 2 aromatic rings. The normalized spacial score (nSPS) is 22.7. The zero-order valence-electron chi connectivity index (χ0n) is 19.9. The molecule has 1 atom stereocenters. The highest BCUT2D eigenvalue weighted by atomic mass is 19.4. The molecule has 1 amide bonds. The van der Waals surface area contributed by atoms with Crippen molar-refractivity contribution >= 4 is 5.91 Å². The number of hydrogen-bond donors (Lipinski definition) is 0. The van der Waals surface area contributed by atoms with Gasteiger partial charge in [0, 0.05) is 39.3 Å². The van der Waals surface area contributed by atoms with Crippen molar-refractivity contribution < 1.29 is 22.7 Å². The number of likely N-dealkylation sites (tertiary alicyclic amines) is 1. The number of alkyl halides is 3. The smallest absolute Gasteiger partial charge is 0.476 e. The molecular weight excluding hydrogens is 447 g/mol. The van der Waals surface area contributed by atoms with Gasteiger partial charge in [-0.25, -0.2) is 0 Å². The molecule has 2 aliphatic rings. The zero-order chi connectivity index (χ0) is 24.5.